The predicted octanol–water partition coefficient (Wildman–Crippen LogP) is 3.22. The molecule has 0 spiro atoms. The van der Waals surface area contributed by atoms with Crippen molar-refractivity contribution in [1.29, 1.82) is 0 Å². The van der Waals surface area contributed by atoms with Crippen molar-refractivity contribution in [2.75, 3.05) is 13.1 Å². The number of pyridine rings is 1. The minimum absolute atomic E-state index is 0.0414. The molecule has 1 N–H and O–H groups in total. The Morgan fingerprint density at radius 3 is 2.64 bits per heavy atom. The van der Waals surface area contributed by atoms with Gasteiger partial charge in [0.05, 0.1) is 12.6 Å². The van der Waals surface area contributed by atoms with Gasteiger partial charge in [0.2, 0.25) is 0 Å². The van der Waals surface area contributed by atoms with Crippen molar-refractivity contribution in [3.63, 3.8) is 0 Å². The van der Waals surface area contributed by atoms with Crippen LogP contribution in [0.2, 0.25) is 0 Å². The summed E-state index contributed by atoms with van der Waals surface area (Å²) in [6.45, 7) is 4.27. The van der Waals surface area contributed by atoms with Crippen molar-refractivity contribution in [3.8, 4) is 0 Å². The zero-order valence-corrected chi connectivity index (χ0v) is 15.8. The minimum Gasteiger partial charge on any atom is -0.444 e. The first-order chi connectivity index (χ1) is 11.5. The molecule has 1 aromatic heterocycles. The number of ether oxygens (including phenoxy) is 1. The molecule has 1 unspecified atom stereocenters. The van der Waals surface area contributed by atoms with Gasteiger partial charge in [0.15, 0.2) is 0 Å². The summed E-state index contributed by atoms with van der Waals surface area (Å²) in [6.07, 6.45) is -0.864. The van der Waals surface area contributed by atoms with E-state index in [0.717, 1.165) is 4.90 Å². The molecular formula is C16H20BrF2N3O3. The standard InChI is InChI=1S/C16H20BrF2N3O3/c1-15(2,3)25-14(24)22-8-7-11(16(18,19)9-22)21-13(23)10-5-4-6-12(17)20-10/h4-6,11H,7-9H2,1-3H3,(H,21,23). The van der Waals surface area contributed by atoms with Gasteiger partial charge in [0.25, 0.3) is 11.8 Å². The van der Waals surface area contributed by atoms with E-state index >= 15 is 0 Å². The maximum atomic E-state index is 14.4. The van der Waals surface area contributed by atoms with Gasteiger partial charge in [0, 0.05) is 6.54 Å². The lowest BCUT2D eigenvalue weighted by atomic mass is 10.0. The number of alkyl halides is 2. The Morgan fingerprint density at radius 2 is 2.08 bits per heavy atom. The third-order valence-corrected chi connectivity index (χ3v) is 3.95. The molecule has 1 fully saturated rings. The van der Waals surface area contributed by atoms with Crippen LogP contribution in [0.1, 0.15) is 37.7 Å². The molecule has 6 nitrogen and oxygen atoms in total. The van der Waals surface area contributed by atoms with Crippen LogP contribution in [0.3, 0.4) is 0 Å². The van der Waals surface area contributed by atoms with Crippen molar-refractivity contribution in [2.45, 2.75) is 44.8 Å². The van der Waals surface area contributed by atoms with E-state index in [2.05, 4.69) is 26.2 Å². The Hall–Kier alpha value is -1.77. The highest BCUT2D eigenvalue weighted by Gasteiger charge is 2.47. The number of rotatable bonds is 2. The second kappa shape index (κ2) is 7.23. The minimum atomic E-state index is -3.27. The van der Waals surface area contributed by atoms with Gasteiger partial charge in [-0.3, -0.25) is 4.79 Å². The van der Waals surface area contributed by atoms with E-state index < -0.39 is 36.1 Å². The normalized spacial score (nSPS) is 20.1. The van der Waals surface area contributed by atoms with E-state index in [0.29, 0.717) is 4.60 Å². The monoisotopic (exact) mass is 419 g/mol. The summed E-state index contributed by atoms with van der Waals surface area (Å²) >= 11 is 3.13. The zero-order chi connectivity index (χ0) is 18.8. The fourth-order valence-corrected chi connectivity index (χ4v) is 2.71. The molecule has 0 radical (unpaired) electrons. The Kier molecular flexibility index (Phi) is 5.65. The van der Waals surface area contributed by atoms with Crippen LogP contribution >= 0.6 is 15.9 Å². The second-order valence-corrected chi connectivity index (χ2v) is 7.64. The van der Waals surface area contributed by atoms with Gasteiger partial charge < -0.3 is 15.0 Å². The Bertz CT molecular complexity index is 664. The molecule has 0 aliphatic carbocycles. The molecule has 2 heterocycles. The molecule has 1 aliphatic rings. The predicted molar refractivity (Wildman–Crippen MR) is 90.6 cm³/mol. The zero-order valence-electron chi connectivity index (χ0n) is 14.2. The van der Waals surface area contributed by atoms with Crippen LogP contribution in [0, 0.1) is 0 Å². The van der Waals surface area contributed by atoms with E-state index in [-0.39, 0.29) is 18.7 Å². The number of carbonyl (C=O) groups excluding carboxylic acids is 2. The molecular weight excluding hydrogens is 400 g/mol. The van der Waals surface area contributed by atoms with Crippen LogP contribution in [0.25, 0.3) is 0 Å². The molecule has 1 aliphatic heterocycles. The fourth-order valence-electron chi connectivity index (χ4n) is 2.37. The van der Waals surface area contributed by atoms with Crippen LogP contribution in [0.5, 0.6) is 0 Å². The maximum Gasteiger partial charge on any atom is 0.410 e. The van der Waals surface area contributed by atoms with Gasteiger partial charge in [-0.05, 0) is 55.3 Å². The second-order valence-electron chi connectivity index (χ2n) is 6.82. The molecule has 0 bridgehead atoms. The number of nitrogens with zero attached hydrogens (tertiary/aromatic N) is 2. The first-order valence-electron chi connectivity index (χ1n) is 7.77. The van der Waals surface area contributed by atoms with E-state index in [4.69, 9.17) is 4.74 Å². The topological polar surface area (TPSA) is 71.5 Å². The van der Waals surface area contributed by atoms with Crippen molar-refractivity contribution >= 4 is 27.9 Å². The number of aromatic nitrogens is 1. The number of amides is 2. The summed E-state index contributed by atoms with van der Waals surface area (Å²) in [4.78, 5) is 29.0. The average molecular weight is 420 g/mol. The number of hydrogen-bond acceptors (Lipinski definition) is 4. The fraction of sp³-hybridized carbons (Fsp3) is 0.562. The van der Waals surface area contributed by atoms with Crippen LogP contribution in [0.15, 0.2) is 22.8 Å². The quantitative estimate of drug-likeness (QED) is 0.746. The van der Waals surface area contributed by atoms with Crippen LogP contribution < -0.4 is 5.32 Å². The van der Waals surface area contributed by atoms with Gasteiger partial charge in [0.1, 0.15) is 15.9 Å². The highest BCUT2D eigenvalue weighted by molar-refractivity contribution is 9.10. The molecule has 1 saturated heterocycles. The SMILES string of the molecule is CC(C)(C)OC(=O)N1CCC(NC(=O)c2cccc(Br)n2)C(F)(F)C1. The summed E-state index contributed by atoms with van der Waals surface area (Å²) in [6, 6.07) is 3.29. The summed E-state index contributed by atoms with van der Waals surface area (Å²) in [7, 11) is 0. The van der Waals surface area contributed by atoms with Crippen molar-refractivity contribution in [2.24, 2.45) is 0 Å². The lowest BCUT2D eigenvalue weighted by molar-refractivity contribution is -0.0889. The van der Waals surface area contributed by atoms with Gasteiger partial charge in [-0.1, -0.05) is 6.07 Å². The van der Waals surface area contributed by atoms with Gasteiger partial charge in [-0.25, -0.2) is 18.6 Å². The van der Waals surface area contributed by atoms with Crippen LogP contribution in [0.4, 0.5) is 13.6 Å². The molecule has 0 aromatic carbocycles. The van der Waals surface area contributed by atoms with Gasteiger partial charge in [-0.15, -0.1) is 0 Å². The summed E-state index contributed by atoms with van der Waals surface area (Å²) < 4.78 is 34.3. The van der Waals surface area contributed by atoms with Gasteiger partial charge >= 0.3 is 6.09 Å². The Labute approximate surface area is 153 Å². The lowest BCUT2D eigenvalue weighted by Crippen LogP contribution is -2.59. The molecule has 2 amide bonds. The highest BCUT2D eigenvalue weighted by Crippen LogP contribution is 2.28. The average Bonchev–Trinajstić information content (AvgIpc) is 2.47. The number of likely N-dealkylation sites (tertiary alicyclic amines) is 1. The smallest absolute Gasteiger partial charge is 0.410 e. The van der Waals surface area contributed by atoms with E-state index in [9.17, 15) is 18.4 Å². The Morgan fingerprint density at radius 1 is 1.40 bits per heavy atom. The molecule has 138 valence electrons. The van der Waals surface area contributed by atoms with E-state index in [1.807, 2.05) is 0 Å². The largest absolute Gasteiger partial charge is 0.444 e. The van der Waals surface area contributed by atoms with E-state index in [1.54, 1.807) is 32.9 Å². The first-order valence-corrected chi connectivity index (χ1v) is 8.56. The van der Waals surface area contributed by atoms with Crippen molar-refractivity contribution < 1.29 is 23.1 Å². The summed E-state index contributed by atoms with van der Waals surface area (Å²) in [5.74, 6) is -3.95. The molecule has 9 heteroatoms. The van der Waals surface area contributed by atoms with Crippen molar-refractivity contribution in [1.82, 2.24) is 15.2 Å². The number of nitrogens with one attached hydrogen (secondary N) is 1. The molecule has 0 saturated carbocycles. The number of halogens is 3. The molecule has 1 atom stereocenters. The maximum absolute atomic E-state index is 14.4. The van der Waals surface area contributed by atoms with Crippen LogP contribution in [-0.2, 0) is 4.74 Å². The first kappa shape index (κ1) is 19.6. The third kappa shape index (κ3) is 5.35. The summed E-state index contributed by atoms with van der Waals surface area (Å²) in [5, 5.41) is 2.31. The number of hydrogen-bond donors (Lipinski definition) is 1. The van der Waals surface area contributed by atoms with Crippen molar-refractivity contribution in [3.05, 3.63) is 28.5 Å². The number of carbonyl (C=O) groups is 2. The van der Waals surface area contributed by atoms with Crippen LogP contribution in [-0.4, -0.2) is 52.5 Å². The Balaban J connectivity index is 2.01. The molecule has 25 heavy (non-hydrogen) atoms. The lowest BCUT2D eigenvalue weighted by Gasteiger charge is -2.38. The van der Waals surface area contributed by atoms with Gasteiger partial charge in [-0.2, -0.15) is 0 Å². The summed E-state index contributed by atoms with van der Waals surface area (Å²) in [5.41, 5.74) is -0.719. The molecule has 2 rings (SSSR count). The number of piperidine rings is 1. The molecule has 1 aromatic rings. The van der Waals surface area contributed by atoms with E-state index in [1.165, 1.54) is 6.07 Å². The highest BCUT2D eigenvalue weighted by atomic mass is 79.9. The third-order valence-electron chi connectivity index (χ3n) is 3.50.